The van der Waals surface area contributed by atoms with Crippen molar-refractivity contribution in [2.45, 2.75) is 55.9 Å². The second-order valence-electron chi connectivity index (χ2n) is 8.44. The second kappa shape index (κ2) is 6.72. The summed E-state index contributed by atoms with van der Waals surface area (Å²) >= 11 is 1.72. The number of piperidine rings is 3. The number of hydrogen-bond acceptors (Lipinski definition) is 6. The van der Waals surface area contributed by atoms with Crippen LogP contribution in [-0.4, -0.2) is 61.8 Å². The van der Waals surface area contributed by atoms with E-state index in [2.05, 4.69) is 19.5 Å². The fourth-order valence-electron chi connectivity index (χ4n) is 5.41. The van der Waals surface area contributed by atoms with Gasteiger partial charge in [0.15, 0.2) is 5.13 Å². The minimum atomic E-state index is -3.11. The molecule has 5 rings (SSSR count). The molecule has 0 spiro atoms. The Labute approximate surface area is 160 Å². The number of nitrogens with zero attached hydrogens (tertiary/aromatic N) is 3. The van der Waals surface area contributed by atoms with Crippen molar-refractivity contribution in [1.29, 1.82) is 0 Å². The van der Waals surface area contributed by atoms with Crippen LogP contribution in [-0.2, 0) is 10.0 Å². The van der Waals surface area contributed by atoms with Crippen LogP contribution in [0.15, 0.2) is 11.6 Å². The minimum absolute atomic E-state index is 0.130. The lowest BCUT2D eigenvalue weighted by molar-refractivity contribution is -0.0294. The van der Waals surface area contributed by atoms with Crippen LogP contribution in [0, 0.1) is 11.8 Å². The molecule has 1 aliphatic carbocycles. The van der Waals surface area contributed by atoms with Crippen LogP contribution in [0.3, 0.4) is 0 Å². The van der Waals surface area contributed by atoms with E-state index in [4.69, 9.17) is 0 Å². The van der Waals surface area contributed by atoms with Crippen molar-refractivity contribution >= 4 is 26.5 Å². The molecule has 144 valence electrons. The Balaban J connectivity index is 1.37. The highest BCUT2D eigenvalue weighted by atomic mass is 32.2. The summed E-state index contributed by atoms with van der Waals surface area (Å²) in [7, 11) is -3.11. The van der Waals surface area contributed by atoms with E-state index in [0.29, 0.717) is 30.5 Å². The molecule has 1 saturated carbocycles. The predicted octanol–water partition coefficient (Wildman–Crippen LogP) is 1.90. The maximum absolute atomic E-state index is 12.4. The van der Waals surface area contributed by atoms with E-state index in [-0.39, 0.29) is 5.25 Å². The fraction of sp³-hybridized carbons (Fsp3) is 0.833. The van der Waals surface area contributed by atoms with E-state index in [1.807, 2.05) is 11.6 Å². The molecular weight excluding hydrogens is 368 g/mol. The molecule has 4 fully saturated rings. The summed E-state index contributed by atoms with van der Waals surface area (Å²) in [6.45, 7) is 3.82. The zero-order valence-electron chi connectivity index (χ0n) is 15.1. The minimum Gasteiger partial charge on any atom is -0.347 e. The lowest BCUT2D eigenvalue weighted by Gasteiger charge is -2.56. The molecule has 3 saturated heterocycles. The summed E-state index contributed by atoms with van der Waals surface area (Å²) in [4.78, 5) is 9.65. The van der Waals surface area contributed by atoms with Crippen molar-refractivity contribution in [2.75, 3.05) is 31.1 Å². The van der Waals surface area contributed by atoms with Gasteiger partial charge in [-0.05, 0) is 50.5 Å². The average molecular weight is 397 g/mol. The summed E-state index contributed by atoms with van der Waals surface area (Å²) in [6, 6.07) is 0.936. The maximum Gasteiger partial charge on any atom is 0.214 e. The number of rotatable bonds is 5. The van der Waals surface area contributed by atoms with E-state index in [0.717, 1.165) is 37.6 Å². The number of anilines is 1. The molecule has 8 heteroatoms. The molecule has 4 heterocycles. The van der Waals surface area contributed by atoms with Crippen molar-refractivity contribution < 1.29 is 8.42 Å². The summed E-state index contributed by atoms with van der Waals surface area (Å²) in [5.74, 6) is 1.21. The molecule has 1 aromatic heterocycles. The molecule has 4 aliphatic rings. The smallest absolute Gasteiger partial charge is 0.214 e. The highest BCUT2D eigenvalue weighted by Gasteiger charge is 2.48. The first-order valence-corrected chi connectivity index (χ1v) is 12.4. The average Bonchev–Trinajstić information content (AvgIpc) is 3.38. The number of sulfonamides is 1. The Morgan fingerprint density at radius 3 is 2.81 bits per heavy atom. The Morgan fingerprint density at radius 2 is 2.04 bits per heavy atom. The van der Waals surface area contributed by atoms with Gasteiger partial charge in [0.05, 0.1) is 5.25 Å². The van der Waals surface area contributed by atoms with Crippen molar-refractivity contribution in [3.8, 4) is 0 Å². The van der Waals surface area contributed by atoms with E-state index < -0.39 is 10.0 Å². The summed E-state index contributed by atoms with van der Waals surface area (Å²) in [6.07, 6.45) is 8.59. The molecule has 26 heavy (non-hydrogen) atoms. The number of fused-ring (bicyclic) bond motifs is 4. The lowest BCUT2D eigenvalue weighted by Crippen LogP contribution is -2.65. The highest BCUT2D eigenvalue weighted by molar-refractivity contribution is 7.90. The number of nitrogens with one attached hydrogen (secondary N) is 1. The van der Waals surface area contributed by atoms with Crippen LogP contribution in [0.1, 0.15) is 38.5 Å². The van der Waals surface area contributed by atoms with Crippen LogP contribution in [0.2, 0.25) is 0 Å². The van der Waals surface area contributed by atoms with Gasteiger partial charge in [0, 0.05) is 43.3 Å². The van der Waals surface area contributed by atoms with Crippen LogP contribution >= 0.6 is 11.3 Å². The van der Waals surface area contributed by atoms with Gasteiger partial charge in [0.1, 0.15) is 0 Å². The van der Waals surface area contributed by atoms with Gasteiger partial charge in [0.2, 0.25) is 10.0 Å². The first kappa shape index (κ1) is 17.4. The van der Waals surface area contributed by atoms with Crippen molar-refractivity contribution in [3.05, 3.63) is 11.6 Å². The molecule has 1 N–H and O–H groups in total. The van der Waals surface area contributed by atoms with Gasteiger partial charge in [-0.1, -0.05) is 6.42 Å². The van der Waals surface area contributed by atoms with Crippen LogP contribution in [0.5, 0.6) is 0 Å². The van der Waals surface area contributed by atoms with Gasteiger partial charge in [-0.25, -0.2) is 18.1 Å². The Kier molecular flexibility index (Phi) is 4.50. The molecule has 2 bridgehead atoms. The van der Waals surface area contributed by atoms with Gasteiger partial charge >= 0.3 is 0 Å². The van der Waals surface area contributed by atoms with Gasteiger partial charge in [-0.3, -0.25) is 4.90 Å². The van der Waals surface area contributed by atoms with Crippen molar-refractivity contribution in [2.24, 2.45) is 11.8 Å². The monoisotopic (exact) mass is 396 g/mol. The van der Waals surface area contributed by atoms with Gasteiger partial charge in [-0.15, -0.1) is 11.3 Å². The molecule has 3 aliphatic heterocycles. The number of thiazole rings is 1. The Hall–Kier alpha value is -0.700. The highest BCUT2D eigenvalue weighted by Crippen LogP contribution is 2.42. The van der Waals surface area contributed by atoms with Gasteiger partial charge < -0.3 is 4.90 Å². The molecule has 1 aromatic rings. The van der Waals surface area contributed by atoms with E-state index >= 15 is 0 Å². The normalized spacial score (nSPS) is 35.3. The number of aromatic nitrogens is 1. The van der Waals surface area contributed by atoms with Gasteiger partial charge in [-0.2, -0.15) is 0 Å². The molecule has 6 nitrogen and oxygen atoms in total. The zero-order chi connectivity index (χ0) is 17.7. The molecular formula is C18H28N4O2S2. The third kappa shape index (κ3) is 3.19. The third-order valence-corrected chi connectivity index (χ3v) is 9.52. The quantitative estimate of drug-likeness (QED) is 0.824. The van der Waals surface area contributed by atoms with Crippen LogP contribution in [0.25, 0.3) is 0 Å². The zero-order valence-corrected chi connectivity index (χ0v) is 16.7. The predicted molar refractivity (Wildman–Crippen MR) is 104 cm³/mol. The second-order valence-corrected chi connectivity index (χ2v) is 11.4. The fourth-order valence-corrected chi connectivity index (χ4v) is 7.47. The molecule has 0 aromatic carbocycles. The Morgan fingerprint density at radius 1 is 1.19 bits per heavy atom. The molecule has 0 unspecified atom stereocenters. The molecule has 4 atom stereocenters. The maximum atomic E-state index is 12.4. The van der Waals surface area contributed by atoms with Gasteiger partial charge in [0.25, 0.3) is 0 Å². The first-order chi connectivity index (χ1) is 12.6. The topological polar surface area (TPSA) is 65.5 Å². The summed E-state index contributed by atoms with van der Waals surface area (Å²) in [5, 5.41) is 3.05. The standard InChI is InChI=1S/C18H28N4O2S2/c23-26(24,15-4-5-15)20-10-17-14-9-13(16-3-1-2-7-22(16)17)11-21(12-14)18-19-6-8-25-18/h6,8,13-17,20H,1-5,7,9-12H2/t13-,14+,16+,17+/m1/s1. The van der Waals surface area contributed by atoms with Crippen LogP contribution in [0.4, 0.5) is 5.13 Å². The first-order valence-electron chi connectivity index (χ1n) is 10.0. The van der Waals surface area contributed by atoms with E-state index in [9.17, 15) is 8.42 Å². The summed E-state index contributed by atoms with van der Waals surface area (Å²) < 4.78 is 27.7. The van der Waals surface area contributed by atoms with Crippen LogP contribution < -0.4 is 9.62 Å². The summed E-state index contributed by atoms with van der Waals surface area (Å²) in [5.41, 5.74) is 0. The van der Waals surface area contributed by atoms with Crippen molar-refractivity contribution in [1.82, 2.24) is 14.6 Å². The molecule has 0 amide bonds. The van der Waals surface area contributed by atoms with E-state index in [1.54, 1.807) is 11.3 Å². The third-order valence-electron chi connectivity index (χ3n) is 6.77. The molecule has 0 radical (unpaired) electrons. The number of hydrogen-bond donors (Lipinski definition) is 1. The Bertz CT molecular complexity index is 734. The lowest BCUT2D eigenvalue weighted by atomic mass is 9.72. The van der Waals surface area contributed by atoms with E-state index in [1.165, 1.54) is 25.7 Å². The largest absolute Gasteiger partial charge is 0.347 e. The SMILES string of the molecule is O=S(=O)(NC[C@H]1[C@H]2C[C@H](CN(c3nccs3)C2)[C@@H]2CCCCN21)C1CC1. The van der Waals surface area contributed by atoms with Crippen molar-refractivity contribution in [3.63, 3.8) is 0 Å².